The Labute approximate surface area is 166 Å². The molecule has 0 saturated carbocycles. The minimum absolute atomic E-state index is 0.171. The van der Waals surface area contributed by atoms with E-state index in [0.717, 1.165) is 3.57 Å². The van der Waals surface area contributed by atoms with Crippen molar-refractivity contribution in [1.82, 2.24) is 9.88 Å². The van der Waals surface area contributed by atoms with Crippen LogP contribution in [0.25, 0.3) is 22.2 Å². The highest BCUT2D eigenvalue weighted by Crippen LogP contribution is 2.37. The number of amides is 2. The van der Waals surface area contributed by atoms with Gasteiger partial charge in [0.15, 0.2) is 0 Å². The summed E-state index contributed by atoms with van der Waals surface area (Å²) in [6.07, 6.45) is -1.44. The average Bonchev–Trinajstić information content (AvgIpc) is 2.84. The Hall–Kier alpha value is -3.08. The molecule has 1 heterocycles. The van der Waals surface area contributed by atoms with Crippen molar-refractivity contribution in [2.24, 2.45) is 7.05 Å². The van der Waals surface area contributed by atoms with Gasteiger partial charge in [-0.2, -0.15) is 0 Å². The summed E-state index contributed by atoms with van der Waals surface area (Å²) in [5, 5.41) is 30.3. The third-order valence-electron chi connectivity index (χ3n) is 4.10. The number of rotatable bonds is 3. The van der Waals surface area contributed by atoms with Gasteiger partial charge in [-0.15, -0.1) is 0 Å². The first-order valence-corrected chi connectivity index (χ1v) is 8.67. The first kappa shape index (κ1) is 18.7. The van der Waals surface area contributed by atoms with Crippen LogP contribution in [0.4, 0.5) is 4.79 Å². The van der Waals surface area contributed by atoms with Crippen molar-refractivity contribution < 1.29 is 29.7 Å². The summed E-state index contributed by atoms with van der Waals surface area (Å²) in [4.78, 5) is 33.9. The van der Waals surface area contributed by atoms with E-state index in [1.54, 1.807) is 35.1 Å². The Kier molecular flexibility index (Phi) is 4.79. The van der Waals surface area contributed by atoms with Crippen LogP contribution in [-0.2, 0) is 7.05 Å². The molecule has 0 aliphatic heterocycles. The van der Waals surface area contributed by atoms with E-state index in [4.69, 9.17) is 5.11 Å². The number of hydrogen-bond donors (Lipinski definition) is 4. The number of carbonyl (C=O) groups is 3. The molecule has 0 unspecified atom stereocenters. The number of nitrogens with one attached hydrogen (secondary N) is 1. The molecule has 3 rings (SSSR count). The van der Waals surface area contributed by atoms with Gasteiger partial charge < -0.3 is 19.9 Å². The van der Waals surface area contributed by atoms with Crippen molar-refractivity contribution in [3.05, 3.63) is 51.1 Å². The van der Waals surface area contributed by atoms with E-state index in [-0.39, 0.29) is 16.9 Å². The molecule has 3 aromatic rings. The van der Waals surface area contributed by atoms with Gasteiger partial charge in [0, 0.05) is 33.2 Å². The molecule has 4 N–H and O–H groups in total. The van der Waals surface area contributed by atoms with Crippen LogP contribution >= 0.6 is 22.6 Å². The van der Waals surface area contributed by atoms with Crippen molar-refractivity contribution in [3.63, 3.8) is 0 Å². The van der Waals surface area contributed by atoms with Crippen molar-refractivity contribution in [3.8, 4) is 17.0 Å². The summed E-state index contributed by atoms with van der Waals surface area (Å²) >= 11 is 2.07. The van der Waals surface area contributed by atoms with E-state index in [9.17, 15) is 24.6 Å². The highest BCUT2D eigenvalue weighted by atomic mass is 127. The first-order valence-electron chi connectivity index (χ1n) is 7.59. The summed E-state index contributed by atoms with van der Waals surface area (Å²) in [7, 11) is 1.75. The number of aryl methyl sites for hydroxylation is 1. The van der Waals surface area contributed by atoms with Crippen molar-refractivity contribution >= 4 is 51.5 Å². The maximum absolute atomic E-state index is 11.9. The van der Waals surface area contributed by atoms with Crippen LogP contribution in [-0.4, -0.2) is 37.9 Å². The largest absolute Gasteiger partial charge is 0.507 e. The third kappa shape index (κ3) is 3.33. The molecule has 2 amide bonds. The summed E-state index contributed by atoms with van der Waals surface area (Å²) in [6.45, 7) is 0. The number of aromatic carboxylic acids is 1. The molecule has 1 aromatic heterocycles. The van der Waals surface area contributed by atoms with Gasteiger partial charge in [-0.3, -0.25) is 10.1 Å². The second-order valence-corrected chi connectivity index (χ2v) is 6.83. The number of carboxylic acids is 1. The molecule has 0 aliphatic carbocycles. The van der Waals surface area contributed by atoms with Gasteiger partial charge in [-0.25, -0.2) is 9.59 Å². The van der Waals surface area contributed by atoms with Crippen LogP contribution in [0, 0.1) is 3.57 Å². The van der Waals surface area contributed by atoms with Gasteiger partial charge in [0.25, 0.3) is 5.91 Å². The number of carbonyl (C=O) groups excluding carboxylic acids is 1. The zero-order chi connectivity index (χ0) is 19.9. The van der Waals surface area contributed by atoms with Crippen LogP contribution in [0.3, 0.4) is 0 Å². The zero-order valence-electron chi connectivity index (χ0n) is 13.9. The molecular weight excluding hydrogens is 467 g/mol. The number of aromatic hydroxyl groups is 1. The number of aromatic nitrogens is 1. The standard InChI is InChI=1S/C18H13IN2O6/c1-21-12-7-13(22)11(17(24)25)6-10(12)14(19)15(21)8-3-2-4-9(5-8)16(23)20-18(26)27/h2-7,22H,1H3,(H,20,23)(H,24,25)(H,26,27). The summed E-state index contributed by atoms with van der Waals surface area (Å²) in [5.74, 6) is -2.32. The normalized spacial score (nSPS) is 10.7. The molecule has 8 nitrogen and oxygen atoms in total. The van der Waals surface area contributed by atoms with E-state index in [2.05, 4.69) is 22.6 Å². The van der Waals surface area contributed by atoms with Gasteiger partial charge in [0.1, 0.15) is 11.3 Å². The SMILES string of the molecule is Cn1c(-c2cccc(C(=O)NC(=O)O)c2)c(I)c2cc(C(=O)O)c(O)cc21. The lowest BCUT2D eigenvalue weighted by Crippen LogP contribution is -2.28. The molecule has 2 aromatic carbocycles. The number of fused-ring (bicyclic) bond motifs is 1. The second-order valence-electron chi connectivity index (χ2n) is 5.75. The van der Waals surface area contributed by atoms with Gasteiger partial charge in [-0.05, 0) is 40.8 Å². The van der Waals surface area contributed by atoms with Gasteiger partial charge >= 0.3 is 12.1 Å². The maximum atomic E-state index is 11.9. The lowest BCUT2D eigenvalue weighted by atomic mass is 10.1. The minimum Gasteiger partial charge on any atom is -0.507 e. The summed E-state index contributed by atoms with van der Waals surface area (Å²) in [5.41, 5.74) is 1.94. The molecule has 0 aliphatic rings. The second kappa shape index (κ2) is 6.91. The number of carboxylic acid groups (broad SMARTS) is 2. The Morgan fingerprint density at radius 3 is 2.44 bits per heavy atom. The zero-order valence-corrected chi connectivity index (χ0v) is 16.0. The predicted octanol–water partition coefficient (Wildman–Crippen LogP) is 3.26. The third-order valence-corrected chi connectivity index (χ3v) is 5.20. The maximum Gasteiger partial charge on any atom is 0.411 e. The molecule has 0 fully saturated rings. The number of phenols is 1. The molecule has 138 valence electrons. The highest BCUT2D eigenvalue weighted by molar-refractivity contribution is 14.1. The van der Waals surface area contributed by atoms with Gasteiger partial charge in [-0.1, -0.05) is 12.1 Å². The predicted molar refractivity (Wildman–Crippen MR) is 105 cm³/mol. The van der Waals surface area contributed by atoms with Crippen LogP contribution < -0.4 is 5.32 Å². The molecule has 0 spiro atoms. The van der Waals surface area contributed by atoms with E-state index < -0.39 is 18.0 Å². The Balaban J connectivity index is 2.19. The van der Waals surface area contributed by atoms with E-state index in [0.29, 0.717) is 22.2 Å². The lowest BCUT2D eigenvalue weighted by molar-refractivity contribution is 0.0693. The molecule has 0 bridgehead atoms. The van der Waals surface area contributed by atoms with E-state index in [1.165, 1.54) is 18.2 Å². The van der Waals surface area contributed by atoms with Gasteiger partial charge in [0.05, 0.1) is 11.2 Å². The number of hydrogen-bond acceptors (Lipinski definition) is 4. The molecule has 0 saturated heterocycles. The molecular formula is C18H13IN2O6. The van der Waals surface area contributed by atoms with E-state index >= 15 is 0 Å². The van der Waals surface area contributed by atoms with Crippen LogP contribution in [0.15, 0.2) is 36.4 Å². The smallest absolute Gasteiger partial charge is 0.411 e. The number of benzene rings is 2. The number of imide groups is 1. The Bertz CT molecular complexity index is 1120. The average molecular weight is 480 g/mol. The van der Waals surface area contributed by atoms with Crippen molar-refractivity contribution in [1.29, 1.82) is 0 Å². The Morgan fingerprint density at radius 1 is 1.11 bits per heavy atom. The molecule has 9 heteroatoms. The topological polar surface area (TPSA) is 129 Å². The highest BCUT2D eigenvalue weighted by Gasteiger charge is 2.20. The fraction of sp³-hybridized carbons (Fsp3) is 0.0556. The molecule has 0 radical (unpaired) electrons. The van der Waals surface area contributed by atoms with Gasteiger partial charge in [0.2, 0.25) is 0 Å². The first-order chi connectivity index (χ1) is 12.7. The fourth-order valence-corrected chi connectivity index (χ4v) is 4.00. The minimum atomic E-state index is -1.44. The van der Waals surface area contributed by atoms with Crippen LogP contribution in [0.2, 0.25) is 0 Å². The summed E-state index contributed by atoms with van der Waals surface area (Å²) in [6, 6.07) is 9.20. The number of nitrogens with zero attached hydrogens (tertiary/aromatic N) is 1. The summed E-state index contributed by atoms with van der Waals surface area (Å²) < 4.78 is 2.51. The van der Waals surface area contributed by atoms with E-state index in [1.807, 2.05) is 0 Å². The quantitative estimate of drug-likeness (QED) is 0.426. The Morgan fingerprint density at radius 2 is 1.81 bits per heavy atom. The molecule has 0 atom stereocenters. The molecule has 27 heavy (non-hydrogen) atoms. The fourth-order valence-electron chi connectivity index (χ4n) is 2.89. The number of halogens is 1. The lowest BCUT2D eigenvalue weighted by Gasteiger charge is -2.08. The monoisotopic (exact) mass is 480 g/mol. The van der Waals surface area contributed by atoms with Crippen molar-refractivity contribution in [2.45, 2.75) is 0 Å². The van der Waals surface area contributed by atoms with Crippen LogP contribution in [0.1, 0.15) is 20.7 Å². The van der Waals surface area contributed by atoms with Crippen molar-refractivity contribution in [2.75, 3.05) is 0 Å². The van der Waals surface area contributed by atoms with Crippen LogP contribution in [0.5, 0.6) is 5.75 Å².